The Hall–Kier alpha value is -2.42. The first kappa shape index (κ1) is 17.0. The molecule has 0 saturated heterocycles. The minimum Gasteiger partial charge on any atom is -0.493 e. The largest absolute Gasteiger partial charge is 0.493 e. The number of hydrogen-bond donors (Lipinski definition) is 0. The fraction of sp³-hybridized carbons (Fsp3) is 0.100. The van der Waals surface area contributed by atoms with Crippen molar-refractivity contribution in [2.75, 3.05) is 13.9 Å². The van der Waals surface area contributed by atoms with Crippen LogP contribution in [0.5, 0.6) is 17.2 Å². The summed E-state index contributed by atoms with van der Waals surface area (Å²) in [5, 5.41) is 2.13. The third-order valence-electron chi connectivity index (χ3n) is 4.33. The Balaban J connectivity index is 2.05. The van der Waals surface area contributed by atoms with Gasteiger partial charge in [-0.05, 0) is 6.07 Å². The molecule has 4 nitrogen and oxygen atoms in total. The van der Waals surface area contributed by atoms with Crippen LogP contribution in [0.1, 0.15) is 0 Å². The van der Waals surface area contributed by atoms with E-state index in [1.807, 2.05) is 60.7 Å². The molecule has 0 atom stereocenters. The van der Waals surface area contributed by atoms with E-state index in [1.165, 1.54) is 7.11 Å². The van der Waals surface area contributed by atoms with Crippen molar-refractivity contribution in [2.24, 2.45) is 0 Å². The van der Waals surface area contributed by atoms with E-state index >= 15 is 0 Å². The van der Waals surface area contributed by atoms with Crippen molar-refractivity contribution in [2.45, 2.75) is 0 Å². The highest BCUT2D eigenvalue weighted by molar-refractivity contribution is 7.85. The first-order valence-corrected chi connectivity index (χ1v) is 10.1. The molecule has 26 heavy (non-hydrogen) atoms. The fourth-order valence-electron chi connectivity index (χ4n) is 3.08. The minimum atomic E-state index is -3.23. The van der Waals surface area contributed by atoms with Crippen molar-refractivity contribution in [3.8, 4) is 17.2 Å². The topological polar surface area (TPSA) is 44.8 Å². The summed E-state index contributed by atoms with van der Waals surface area (Å²) in [5.74, 6) is 1.26. The van der Waals surface area contributed by atoms with Crippen molar-refractivity contribution in [1.82, 2.24) is 0 Å². The highest BCUT2D eigenvalue weighted by atomic mass is 35.5. The van der Waals surface area contributed by atoms with Crippen LogP contribution in [0.15, 0.2) is 66.7 Å². The van der Waals surface area contributed by atoms with Crippen LogP contribution < -0.4 is 30.1 Å². The zero-order chi connectivity index (χ0) is 18.1. The van der Waals surface area contributed by atoms with E-state index in [-0.39, 0.29) is 11.8 Å². The Labute approximate surface area is 156 Å². The third-order valence-corrected chi connectivity index (χ3v) is 7.92. The highest BCUT2D eigenvalue weighted by Gasteiger charge is 2.36. The number of rotatable bonds is 4. The van der Waals surface area contributed by atoms with Gasteiger partial charge in [0.15, 0.2) is 18.6 Å². The molecule has 0 spiro atoms. The molecule has 0 radical (unpaired) electrons. The van der Waals surface area contributed by atoms with Crippen LogP contribution in [0.4, 0.5) is 0 Å². The Kier molecular flexibility index (Phi) is 4.39. The van der Waals surface area contributed by atoms with Crippen molar-refractivity contribution in [1.29, 1.82) is 0 Å². The molecular weight excluding hydrogens is 371 g/mol. The van der Waals surface area contributed by atoms with Crippen LogP contribution in [-0.2, 0) is 4.57 Å². The normalized spacial score (nSPS) is 12.8. The number of methoxy groups -OCH3 is 1. The van der Waals surface area contributed by atoms with Crippen LogP contribution in [0.2, 0.25) is 5.02 Å². The van der Waals surface area contributed by atoms with E-state index in [1.54, 1.807) is 6.07 Å². The smallest absolute Gasteiger partial charge is 0.231 e. The van der Waals surface area contributed by atoms with Gasteiger partial charge < -0.3 is 18.8 Å². The maximum Gasteiger partial charge on any atom is 0.231 e. The van der Waals surface area contributed by atoms with Gasteiger partial charge in [-0.25, -0.2) is 0 Å². The fourth-order valence-corrected chi connectivity index (χ4v) is 6.35. The molecule has 0 saturated carbocycles. The molecular formula is C20H16ClO4P. The first-order valence-electron chi connectivity index (χ1n) is 8.04. The maximum absolute atomic E-state index is 14.5. The molecule has 0 fully saturated rings. The molecule has 0 aromatic heterocycles. The molecule has 0 amide bonds. The predicted molar refractivity (Wildman–Crippen MR) is 104 cm³/mol. The Morgan fingerprint density at radius 1 is 0.923 bits per heavy atom. The Morgan fingerprint density at radius 2 is 1.46 bits per heavy atom. The molecule has 1 aliphatic rings. The summed E-state index contributed by atoms with van der Waals surface area (Å²) in [6.07, 6.45) is 0. The number of benzene rings is 3. The molecule has 4 rings (SSSR count). The van der Waals surface area contributed by atoms with Gasteiger partial charge in [0.05, 0.1) is 12.1 Å². The van der Waals surface area contributed by atoms with Gasteiger partial charge in [0, 0.05) is 15.9 Å². The monoisotopic (exact) mass is 386 g/mol. The van der Waals surface area contributed by atoms with Crippen molar-refractivity contribution >= 4 is 34.7 Å². The minimum absolute atomic E-state index is 0.0514. The molecule has 132 valence electrons. The Bertz CT molecular complexity index is 946. The van der Waals surface area contributed by atoms with Gasteiger partial charge in [-0.3, -0.25) is 0 Å². The Morgan fingerprint density at radius 3 is 2.00 bits per heavy atom. The zero-order valence-corrected chi connectivity index (χ0v) is 15.7. The number of hydrogen-bond acceptors (Lipinski definition) is 4. The van der Waals surface area contributed by atoms with Gasteiger partial charge in [-0.1, -0.05) is 72.3 Å². The highest BCUT2D eigenvalue weighted by Crippen LogP contribution is 2.52. The quantitative estimate of drug-likeness (QED) is 0.641. The van der Waals surface area contributed by atoms with Gasteiger partial charge in [0.2, 0.25) is 12.5 Å². The first-order chi connectivity index (χ1) is 12.7. The molecule has 0 N–H and O–H groups in total. The average molecular weight is 387 g/mol. The van der Waals surface area contributed by atoms with E-state index in [0.29, 0.717) is 33.2 Å². The second-order valence-corrected chi connectivity index (χ2v) is 8.87. The number of fused-ring (bicyclic) bond motifs is 1. The summed E-state index contributed by atoms with van der Waals surface area (Å²) < 4.78 is 30.9. The van der Waals surface area contributed by atoms with Gasteiger partial charge >= 0.3 is 0 Å². The number of ether oxygens (including phenoxy) is 3. The van der Waals surface area contributed by atoms with Crippen LogP contribution in [0.3, 0.4) is 0 Å². The average Bonchev–Trinajstić information content (AvgIpc) is 3.20. The SMILES string of the molecule is COc1cc(P(=O)(c2ccccc2)c2ccccc2)c(Cl)c2c1OCO2. The van der Waals surface area contributed by atoms with Gasteiger partial charge in [-0.2, -0.15) is 0 Å². The van der Waals surface area contributed by atoms with Crippen LogP contribution in [0, 0.1) is 0 Å². The second-order valence-electron chi connectivity index (χ2n) is 5.76. The van der Waals surface area contributed by atoms with Crippen molar-refractivity contribution < 1.29 is 18.8 Å². The third kappa shape index (κ3) is 2.57. The molecule has 1 heterocycles. The van der Waals surface area contributed by atoms with Crippen LogP contribution in [0.25, 0.3) is 0 Å². The van der Waals surface area contributed by atoms with Crippen LogP contribution >= 0.6 is 18.7 Å². The van der Waals surface area contributed by atoms with Crippen LogP contribution in [-0.4, -0.2) is 13.9 Å². The van der Waals surface area contributed by atoms with E-state index in [4.69, 9.17) is 25.8 Å². The van der Waals surface area contributed by atoms with Gasteiger partial charge in [0.1, 0.15) is 0 Å². The van der Waals surface area contributed by atoms with Gasteiger partial charge in [0.25, 0.3) is 0 Å². The van der Waals surface area contributed by atoms with Crippen molar-refractivity contribution in [3.63, 3.8) is 0 Å². The van der Waals surface area contributed by atoms with Crippen molar-refractivity contribution in [3.05, 3.63) is 71.8 Å². The molecule has 0 aliphatic carbocycles. The molecule has 6 heteroatoms. The summed E-state index contributed by atoms with van der Waals surface area (Å²) in [7, 11) is -1.70. The molecule has 0 bridgehead atoms. The zero-order valence-electron chi connectivity index (χ0n) is 14.0. The molecule has 3 aromatic carbocycles. The van der Waals surface area contributed by atoms with E-state index in [2.05, 4.69) is 0 Å². The lowest BCUT2D eigenvalue weighted by Crippen LogP contribution is -2.26. The second kappa shape index (κ2) is 6.71. The summed E-state index contributed by atoms with van der Waals surface area (Å²) in [4.78, 5) is 0. The van der Waals surface area contributed by atoms with E-state index in [0.717, 1.165) is 0 Å². The lowest BCUT2D eigenvalue weighted by molar-refractivity contribution is 0.171. The summed E-state index contributed by atoms with van der Waals surface area (Å²) in [5.41, 5.74) is 0. The lowest BCUT2D eigenvalue weighted by atomic mass is 10.3. The summed E-state index contributed by atoms with van der Waals surface area (Å²) in [6.45, 7) is 0.0514. The summed E-state index contributed by atoms with van der Waals surface area (Å²) in [6, 6.07) is 20.3. The number of halogens is 1. The molecule has 1 aliphatic heterocycles. The standard InChI is InChI=1S/C20H16ClO4P/c1-23-16-12-17(18(21)20-19(16)24-13-25-20)26(22,14-8-4-2-5-9-14)15-10-6-3-7-11-15/h2-12H,13H2,1H3. The van der Waals surface area contributed by atoms with E-state index in [9.17, 15) is 4.57 Å². The maximum atomic E-state index is 14.5. The molecule has 0 unspecified atom stereocenters. The predicted octanol–water partition coefficient (Wildman–Crippen LogP) is 3.72. The molecule has 3 aromatic rings. The lowest BCUT2D eigenvalue weighted by Gasteiger charge is -2.22. The van der Waals surface area contributed by atoms with Gasteiger partial charge in [-0.15, -0.1) is 0 Å². The summed E-state index contributed by atoms with van der Waals surface area (Å²) >= 11 is 6.63. The van der Waals surface area contributed by atoms with E-state index < -0.39 is 7.14 Å².